The van der Waals surface area contributed by atoms with Gasteiger partial charge in [0.1, 0.15) is 3.61 Å². The number of benzene rings is 1. The number of aliphatic hydroxyl groups is 1. The van der Waals surface area contributed by atoms with E-state index in [-0.39, 0.29) is 0 Å². The normalized spacial score (nSPS) is 25.8. The van der Waals surface area contributed by atoms with E-state index in [1.807, 2.05) is 31.2 Å². The monoisotopic (exact) mass is 312 g/mol. The molecule has 1 atom stereocenters. The lowest BCUT2D eigenvalue weighted by molar-refractivity contribution is 0.210. The molecule has 0 aromatic heterocycles. The molecule has 15 heavy (non-hydrogen) atoms. The van der Waals surface area contributed by atoms with Crippen molar-refractivity contribution in [2.45, 2.75) is 17.0 Å². The Hall–Kier alpha value is -0.610. The maximum atomic E-state index is 10.0. The number of rotatable bonds is 1. The molecule has 2 heteroatoms. The number of halogens is 1. The zero-order chi connectivity index (χ0) is 10.9. The van der Waals surface area contributed by atoms with Crippen LogP contribution >= 0.6 is 22.6 Å². The predicted octanol–water partition coefficient (Wildman–Crippen LogP) is 3.54. The average Bonchev–Trinajstić information content (AvgIpc) is 2.16. The van der Waals surface area contributed by atoms with Crippen molar-refractivity contribution in [3.8, 4) is 0 Å². The smallest absolute Gasteiger partial charge is 0.138 e. The summed E-state index contributed by atoms with van der Waals surface area (Å²) in [5.74, 6) is 0. The molecule has 78 valence electrons. The zero-order valence-electron chi connectivity index (χ0n) is 8.57. The molecule has 1 N–H and O–H groups in total. The molecule has 0 fully saturated rings. The van der Waals surface area contributed by atoms with E-state index < -0.39 is 3.61 Å². The third kappa shape index (κ3) is 2.69. The molecule has 0 amide bonds. The van der Waals surface area contributed by atoms with Gasteiger partial charge in [0, 0.05) is 6.42 Å². The summed E-state index contributed by atoms with van der Waals surface area (Å²) in [5, 5.41) is 10.0. The lowest BCUT2D eigenvalue weighted by Crippen LogP contribution is -2.19. The van der Waals surface area contributed by atoms with Gasteiger partial charge >= 0.3 is 0 Å². The van der Waals surface area contributed by atoms with Crippen molar-refractivity contribution >= 4 is 28.2 Å². The van der Waals surface area contributed by atoms with Gasteiger partial charge in [-0.05, 0) is 46.7 Å². The zero-order valence-corrected chi connectivity index (χ0v) is 10.7. The van der Waals surface area contributed by atoms with Crippen molar-refractivity contribution in [2.24, 2.45) is 0 Å². The summed E-state index contributed by atoms with van der Waals surface area (Å²) in [5.41, 5.74) is 3.52. The van der Waals surface area contributed by atoms with Crippen LogP contribution in [0.5, 0.6) is 0 Å². The maximum absolute atomic E-state index is 10.0. The van der Waals surface area contributed by atoms with Crippen LogP contribution in [0.1, 0.15) is 18.9 Å². The van der Waals surface area contributed by atoms with Gasteiger partial charge in [-0.15, -0.1) is 0 Å². The van der Waals surface area contributed by atoms with Crippen molar-refractivity contribution in [1.82, 2.24) is 0 Å². The highest BCUT2D eigenvalue weighted by atomic mass is 127. The highest BCUT2D eigenvalue weighted by molar-refractivity contribution is 14.1. The van der Waals surface area contributed by atoms with Crippen LogP contribution in [0.4, 0.5) is 0 Å². The lowest BCUT2D eigenvalue weighted by atomic mass is 9.93. The van der Waals surface area contributed by atoms with Crippen LogP contribution in [0.3, 0.4) is 0 Å². The number of hydrogen-bond donors (Lipinski definition) is 1. The van der Waals surface area contributed by atoms with Gasteiger partial charge in [0.05, 0.1) is 0 Å². The van der Waals surface area contributed by atoms with Crippen LogP contribution in [-0.4, -0.2) is 8.71 Å². The molecule has 1 aromatic rings. The fourth-order valence-electron chi connectivity index (χ4n) is 1.87. The second-order valence-electron chi connectivity index (χ2n) is 3.92. The summed E-state index contributed by atoms with van der Waals surface area (Å²) in [6.45, 7) is 2.02. The minimum absolute atomic E-state index is 0.676. The molecule has 1 aliphatic carbocycles. The van der Waals surface area contributed by atoms with Crippen LogP contribution < -0.4 is 0 Å². The quantitative estimate of drug-likeness (QED) is 0.621. The van der Waals surface area contributed by atoms with Gasteiger partial charge in [-0.25, -0.2) is 0 Å². The fourth-order valence-corrected chi connectivity index (χ4v) is 2.77. The van der Waals surface area contributed by atoms with Gasteiger partial charge in [0.2, 0.25) is 0 Å². The fraction of sp³-hybridized carbons (Fsp3) is 0.231. The number of allylic oxidation sites excluding steroid dienone is 2. The Kier molecular flexibility index (Phi) is 2.98. The van der Waals surface area contributed by atoms with E-state index in [9.17, 15) is 5.11 Å². The summed E-state index contributed by atoms with van der Waals surface area (Å²) in [6, 6.07) is 10.2. The Morgan fingerprint density at radius 2 is 1.93 bits per heavy atom. The van der Waals surface area contributed by atoms with E-state index in [4.69, 9.17) is 0 Å². The van der Waals surface area contributed by atoms with Crippen molar-refractivity contribution in [3.05, 3.63) is 53.6 Å². The second kappa shape index (κ2) is 4.10. The van der Waals surface area contributed by atoms with E-state index in [2.05, 4.69) is 40.8 Å². The van der Waals surface area contributed by atoms with Gasteiger partial charge in [-0.2, -0.15) is 0 Å². The molecule has 0 heterocycles. The first-order valence-electron chi connectivity index (χ1n) is 4.94. The molecule has 0 spiro atoms. The van der Waals surface area contributed by atoms with Crippen molar-refractivity contribution in [3.63, 3.8) is 0 Å². The molecule has 1 nitrogen and oxygen atoms in total. The van der Waals surface area contributed by atoms with Gasteiger partial charge in [-0.3, -0.25) is 0 Å². The molecule has 0 aliphatic heterocycles. The Balaban J connectivity index is 2.37. The molecule has 0 bridgehead atoms. The second-order valence-corrected chi connectivity index (χ2v) is 5.79. The minimum Gasteiger partial charge on any atom is -0.376 e. The van der Waals surface area contributed by atoms with E-state index in [1.54, 1.807) is 0 Å². The van der Waals surface area contributed by atoms with Gasteiger partial charge in [-0.1, -0.05) is 42.0 Å². The number of alkyl halides is 1. The number of hydrogen-bond acceptors (Lipinski definition) is 1. The highest BCUT2D eigenvalue weighted by Gasteiger charge is 2.25. The first-order chi connectivity index (χ1) is 7.07. The van der Waals surface area contributed by atoms with Crippen molar-refractivity contribution < 1.29 is 5.11 Å². The molecular formula is C13H13IO. The van der Waals surface area contributed by atoms with E-state index >= 15 is 0 Å². The van der Waals surface area contributed by atoms with Crippen LogP contribution in [0.15, 0.2) is 48.1 Å². The first-order valence-corrected chi connectivity index (χ1v) is 6.01. The molecule has 0 saturated carbocycles. The Morgan fingerprint density at radius 1 is 1.27 bits per heavy atom. The summed E-state index contributed by atoms with van der Waals surface area (Å²) >= 11 is 2.09. The first kappa shape index (κ1) is 10.9. The van der Waals surface area contributed by atoms with Crippen LogP contribution in [0, 0.1) is 0 Å². The molecule has 0 saturated heterocycles. The topological polar surface area (TPSA) is 20.2 Å². The Bertz CT molecular complexity index is 415. The highest BCUT2D eigenvalue weighted by Crippen LogP contribution is 2.36. The van der Waals surface area contributed by atoms with Gasteiger partial charge in [0.15, 0.2) is 0 Å². The van der Waals surface area contributed by atoms with E-state index in [0.717, 1.165) is 5.57 Å². The van der Waals surface area contributed by atoms with Crippen molar-refractivity contribution in [2.75, 3.05) is 0 Å². The molecule has 1 aliphatic rings. The van der Waals surface area contributed by atoms with Gasteiger partial charge < -0.3 is 5.11 Å². The third-order valence-corrected chi connectivity index (χ3v) is 3.13. The lowest BCUT2D eigenvalue weighted by Gasteiger charge is -2.24. The minimum atomic E-state index is -0.734. The largest absolute Gasteiger partial charge is 0.376 e. The maximum Gasteiger partial charge on any atom is 0.138 e. The standard InChI is InChI=1S/C13H13IO/c1-10-7-12(9-13(14,15)8-10)11-5-3-2-4-6-11/h2-8,15H,9H2,1H3. The van der Waals surface area contributed by atoms with Gasteiger partial charge in [0.25, 0.3) is 0 Å². The summed E-state index contributed by atoms with van der Waals surface area (Å²) in [7, 11) is 0. The molecule has 0 radical (unpaired) electrons. The molecule has 1 unspecified atom stereocenters. The SMILES string of the molecule is CC1=CC(O)(I)CC(c2ccccc2)=C1. The Morgan fingerprint density at radius 3 is 2.53 bits per heavy atom. The predicted molar refractivity (Wildman–Crippen MR) is 71.8 cm³/mol. The van der Waals surface area contributed by atoms with E-state index in [1.165, 1.54) is 11.1 Å². The van der Waals surface area contributed by atoms with Crippen LogP contribution in [0.2, 0.25) is 0 Å². The summed E-state index contributed by atoms with van der Waals surface area (Å²) in [6.07, 6.45) is 4.72. The van der Waals surface area contributed by atoms with Crippen LogP contribution in [-0.2, 0) is 0 Å². The van der Waals surface area contributed by atoms with E-state index in [0.29, 0.717) is 6.42 Å². The molecule has 1 aromatic carbocycles. The summed E-state index contributed by atoms with van der Waals surface area (Å²) < 4.78 is -0.734. The Labute approximate surface area is 104 Å². The molecule has 2 rings (SSSR count). The summed E-state index contributed by atoms with van der Waals surface area (Å²) in [4.78, 5) is 0. The third-order valence-electron chi connectivity index (χ3n) is 2.43. The van der Waals surface area contributed by atoms with Crippen molar-refractivity contribution in [1.29, 1.82) is 0 Å². The average molecular weight is 312 g/mol. The van der Waals surface area contributed by atoms with Crippen LogP contribution in [0.25, 0.3) is 5.57 Å². The molecular weight excluding hydrogens is 299 g/mol.